The van der Waals surface area contributed by atoms with Crippen LogP contribution >= 0.6 is 0 Å². The molecule has 2 atom stereocenters. The highest BCUT2D eigenvalue weighted by Gasteiger charge is 2.33. The molecular weight excluding hydrogens is 329 g/mol. The Kier molecular flexibility index (Phi) is 3.88. The lowest BCUT2D eigenvalue weighted by Crippen LogP contribution is -2.29. The number of anilines is 1. The van der Waals surface area contributed by atoms with Gasteiger partial charge in [0.2, 0.25) is 0 Å². The number of halogens is 1. The van der Waals surface area contributed by atoms with Crippen LogP contribution in [0.15, 0.2) is 10.9 Å². The molecular formula is C17H20FN3O4. The van der Waals surface area contributed by atoms with Gasteiger partial charge >= 0.3 is 0 Å². The number of aromatic nitrogens is 2. The van der Waals surface area contributed by atoms with E-state index in [9.17, 15) is 19.4 Å². The van der Waals surface area contributed by atoms with Crippen molar-refractivity contribution in [2.24, 2.45) is 5.92 Å². The summed E-state index contributed by atoms with van der Waals surface area (Å²) in [6.45, 7) is 0.553. The first kappa shape index (κ1) is 16.3. The number of pyridine rings is 2. The minimum Gasteiger partial charge on any atom is -0.494 e. The van der Waals surface area contributed by atoms with Crippen molar-refractivity contribution >= 4 is 16.7 Å². The molecule has 1 saturated carbocycles. The van der Waals surface area contributed by atoms with Crippen molar-refractivity contribution in [1.29, 1.82) is 0 Å². The third kappa shape index (κ3) is 2.75. The highest BCUT2D eigenvalue weighted by atomic mass is 19.1. The van der Waals surface area contributed by atoms with Crippen LogP contribution in [0.1, 0.15) is 30.7 Å². The lowest BCUT2D eigenvalue weighted by atomic mass is 10.0. The molecule has 0 radical (unpaired) electrons. The van der Waals surface area contributed by atoms with Crippen LogP contribution in [-0.4, -0.2) is 51.1 Å². The number of hydrogen-bond donors (Lipinski definition) is 4. The summed E-state index contributed by atoms with van der Waals surface area (Å²) in [5.41, 5.74) is 0.346. The molecule has 1 aliphatic heterocycles. The summed E-state index contributed by atoms with van der Waals surface area (Å²) >= 11 is 0. The number of aromatic amines is 1. The first-order chi connectivity index (χ1) is 12.0. The number of aliphatic hydroxyl groups is 2. The van der Waals surface area contributed by atoms with Gasteiger partial charge in [0.05, 0.1) is 23.6 Å². The van der Waals surface area contributed by atoms with Crippen LogP contribution in [0.4, 0.5) is 10.2 Å². The lowest BCUT2D eigenvalue weighted by Gasteiger charge is -2.20. The van der Waals surface area contributed by atoms with Crippen LogP contribution < -0.4 is 10.5 Å². The van der Waals surface area contributed by atoms with E-state index >= 15 is 0 Å². The molecule has 4 rings (SSSR count). The number of fused-ring (bicyclic) bond motifs is 1. The van der Waals surface area contributed by atoms with Crippen molar-refractivity contribution in [3.63, 3.8) is 0 Å². The van der Waals surface area contributed by atoms with Crippen LogP contribution in [-0.2, 0) is 0 Å². The number of aliphatic hydroxyl groups excluding tert-OH is 2. The van der Waals surface area contributed by atoms with Crippen molar-refractivity contribution in [2.45, 2.75) is 31.3 Å². The van der Waals surface area contributed by atoms with Crippen LogP contribution in [0.25, 0.3) is 10.9 Å². The molecule has 2 fully saturated rings. The zero-order valence-electron chi connectivity index (χ0n) is 13.6. The molecule has 25 heavy (non-hydrogen) atoms. The molecule has 2 aromatic heterocycles. The Labute approximate surface area is 142 Å². The predicted octanol–water partition coefficient (Wildman–Crippen LogP) is 0.825. The average molecular weight is 349 g/mol. The SMILES string of the molecule is O=c1[nH]c(O)c(C2CC2)c2nc(N3CCC(C(O)CO)C3)c(F)cc12. The summed E-state index contributed by atoms with van der Waals surface area (Å²) in [6.07, 6.45) is 1.58. The molecule has 2 aliphatic rings. The second-order valence-corrected chi connectivity index (χ2v) is 6.93. The monoisotopic (exact) mass is 349 g/mol. The molecule has 7 nitrogen and oxygen atoms in total. The fourth-order valence-corrected chi connectivity index (χ4v) is 3.64. The van der Waals surface area contributed by atoms with Crippen LogP contribution in [0.3, 0.4) is 0 Å². The van der Waals surface area contributed by atoms with Gasteiger partial charge in [-0.1, -0.05) is 0 Å². The van der Waals surface area contributed by atoms with E-state index in [2.05, 4.69) is 9.97 Å². The summed E-state index contributed by atoms with van der Waals surface area (Å²) in [4.78, 5) is 20.5. The standard InChI is InChI=1S/C17H20FN3O4/c18-11-5-10-14(13(8-1-2-8)17(25)20-16(10)24)19-15(11)21-4-3-9(6-21)12(23)7-22/h5,8-9,12,22-23H,1-4,6-7H2,(H2,20,24,25). The summed E-state index contributed by atoms with van der Waals surface area (Å²) in [5, 5.41) is 29.1. The van der Waals surface area contributed by atoms with Crippen LogP contribution in [0, 0.1) is 11.7 Å². The van der Waals surface area contributed by atoms with Gasteiger partial charge in [0.1, 0.15) is 0 Å². The van der Waals surface area contributed by atoms with E-state index in [4.69, 9.17) is 5.11 Å². The van der Waals surface area contributed by atoms with E-state index in [1.807, 2.05) is 0 Å². The largest absolute Gasteiger partial charge is 0.494 e. The zero-order chi connectivity index (χ0) is 17.7. The van der Waals surface area contributed by atoms with E-state index in [-0.39, 0.29) is 35.5 Å². The highest BCUT2D eigenvalue weighted by Crippen LogP contribution is 2.45. The molecule has 1 saturated heterocycles. The Bertz CT molecular complexity index is 880. The summed E-state index contributed by atoms with van der Waals surface area (Å²) < 4.78 is 14.6. The van der Waals surface area contributed by atoms with Crippen LogP contribution in [0.2, 0.25) is 0 Å². The van der Waals surface area contributed by atoms with Gasteiger partial charge in [-0.05, 0) is 31.2 Å². The Hall–Kier alpha value is -2.19. The number of nitrogens with one attached hydrogen (secondary N) is 1. The second-order valence-electron chi connectivity index (χ2n) is 6.93. The van der Waals surface area contributed by atoms with Gasteiger partial charge in [0.25, 0.3) is 5.56 Å². The fraction of sp³-hybridized carbons (Fsp3) is 0.529. The smallest absolute Gasteiger partial charge is 0.260 e. The molecule has 134 valence electrons. The molecule has 0 spiro atoms. The average Bonchev–Trinajstić information content (AvgIpc) is 3.29. The molecule has 1 aliphatic carbocycles. The van der Waals surface area contributed by atoms with E-state index in [1.165, 1.54) is 0 Å². The first-order valence-electron chi connectivity index (χ1n) is 8.49. The first-order valence-corrected chi connectivity index (χ1v) is 8.49. The topological polar surface area (TPSA) is 110 Å². The zero-order valence-corrected chi connectivity index (χ0v) is 13.6. The van der Waals surface area contributed by atoms with E-state index in [0.717, 1.165) is 18.9 Å². The van der Waals surface area contributed by atoms with Gasteiger partial charge in [0, 0.05) is 24.6 Å². The minimum absolute atomic E-state index is 0.118. The Morgan fingerprint density at radius 1 is 1.40 bits per heavy atom. The number of hydrogen-bond acceptors (Lipinski definition) is 6. The van der Waals surface area contributed by atoms with Crippen molar-refractivity contribution < 1.29 is 19.7 Å². The van der Waals surface area contributed by atoms with Gasteiger partial charge in [0.15, 0.2) is 17.5 Å². The summed E-state index contributed by atoms with van der Waals surface area (Å²) in [7, 11) is 0. The van der Waals surface area contributed by atoms with Crippen molar-refractivity contribution in [3.05, 3.63) is 27.8 Å². The summed E-state index contributed by atoms with van der Waals surface area (Å²) in [6, 6.07) is 1.16. The lowest BCUT2D eigenvalue weighted by molar-refractivity contribution is 0.0545. The third-order valence-corrected chi connectivity index (χ3v) is 5.19. The van der Waals surface area contributed by atoms with Crippen molar-refractivity contribution in [3.8, 4) is 5.88 Å². The molecule has 0 bridgehead atoms. The van der Waals surface area contributed by atoms with Gasteiger partial charge in [-0.3, -0.25) is 9.78 Å². The Morgan fingerprint density at radius 3 is 2.84 bits per heavy atom. The van der Waals surface area contributed by atoms with Gasteiger partial charge in [-0.2, -0.15) is 0 Å². The maximum atomic E-state index is 14.6. The quantitative estimate of drug-likeness (QED) is 0.651. The normalized spacial score (nSPS) is 21.9. The number of rotatable bonds is 4. The van der Waals surface area contributed by atoms with E-state index in [0.29, 0.717) is 30.6 Å². The number of H-pyrrole nitrogens is 1. The fourth-order valence-electron chi connectivity index (χ4n) is 3.64. The molecule has 0 amide bonds. The maximum absolute atomic E-state index is 14.6. The number of nitrogens with zero attached hydrogens (tertiary/aromatic N) is 2. The van der Waals surface area contributed by atoms with Gasteiger partial charge in [-0.15, -0.1) is 0 Å². The third-order valence-electron chi connectivity index (χ3n) is 5.19. The maximum Gasteiger partial charge on any atom is 0.260 e. The Balaban J connectivity index is 1.79. The second kappa shape index (κ2) is 5.96. The molecule has 8 heteroatoms. The predicted molar refractivity (Wildman–Crippen MR) is 89.4 cm³/mol. The van der Waals surface area contributed by atoms with E-state index < -0.39 is 17.5 Å². The molecule has 2 unspecified atom stereocenters. The minimum atomic E-state index is -0.845. The number of aromatic hydroxyl groups is 1. The highest BCUT2D eigenvalue weighted by molar-refractivity contribution is 5.85. The molecule has 0 aromatic carbocycles. The van der Waals surface area contributed by atoms with Crippen LogP contribution in [0.5, 0.6) is 5.88 Å². The Morgan fingerprint density at radius 2 is 2.16 bits per heavy atom. The molecule has 4 N–H and O–H groups in total. The van der Waals surface area contributed by atoms with Crippen molar-refractivity contribution in [2.75, 3.05) is 24.6 Å². The summed E-state index contributed by atoms with van der Waals surface area (Å²) in [5.74, 6) is -0.707. The molecule has 3 heterocycles. The van der Waals surface area contributed by atoms with Gasteiger partial charge < -0.3 is 20.2 Å². The van der Waals surface area contributed by atoms with E-state index in [1.54, 1.807) is 4.90 Å². The molecule has 2 aromatic rings. The van der Waals surface area contributed by atoms with Crippen molar-refractivity contribution in [1.82, 2.24) is 9.97 Å². The van der Waals surface area contributed by atoms with Gasteiger partial charge in [-0.25, -0.2) is 9.37 Å².